The van der Waals surface area contributed by atoms with E-state index in [1.165, 1.54) is 36.1 Å². The molecule has 1 aliphatic heterocycles. The molecule has 1 aliphatic rings. The SMILES string of the molecule is Cn1cnc(NS(=O)(=O)c2ccccc2S(=O)(=O)N2CC(C)(F)C2)n1. The van der Waals surface area contributed by atoms with Crippen LogP contribution in [-0.4, -0.2) is 54.7 Å². The van der Waals surface area contributed by atoms with Gasteiger partial charge in [0.05, 0.1) is 0 Å². The molecule has 136 valence electrons. The minimum atomic E-state index is -4.25. The summed E-state index contributed by atoms with van der Waals surface area (Å²) in [6.07, 6.45) is 1.29. The molecule has 25 heavy (non-hydrogen) atoms. The lowest BCUT2D eigenvalue weighted by atomic mass is 10.0. The number of rotatable bonds is 5. The lowest BCUT2D eigenvalue weighted by molar-refractivity contribution is 0.0396. The number of nitrogens with one attached hydrogen (secondary N) is 1. The lowest BCUT2D eigenvalue weighted by Gasteiger charge is -2.41. The molecule has 3 rings (SSSR count). The first-order valence-electron chi connectivity index (χ1n) is 7.18. The standard InChI is InChI=1S/C13H16FN5O4S2/c1-13(14)7-19(8-13)25(22,23)11-6-4-3-5-10(11)24(20,21)17-12-15-9-18(2)16-12/h3-6,9H,7-8H2,1-2H3,(H,16,17). The van der Waals surface area contributed by atoms with E-state index < -0.39 is 35.5 Å². The first-order chi connectivity index (χ1) is 11.5. The molecule has 0 aliphatic carbocycles. The molecule has 1 aromatic heterocycles. The third-order valence-electron chi connectivity index (χ3n) is 3.59. The first-order valence-corrected chi connectivity index (χ1v) is 10.1. The van der Waals surface area contributed by atoms with Crippen molar-refractivity contribution in [2.24, 2.45) is 7.05 Å². The summed E-state index contributed by atoms with van der Waals surface area (Å²) in [6.45, 7) is 0.647. The summed E-state index contributed by atoms with van der Waals surface area (Å²) in [4.78, 5) is 2.88. The Bertz CT molecular complexity index is 1010. The molecule has 0 unspecified atom stereocenters. The van der Waals surface area contributed by atoms with E-state index in [0.717, 1.165) is 10.4 Å². The van der Waals surface area contributed by atoms with Crippen LogP contribution in [0.15, 0.2) is 40.4 Å². The van der Waals surface area contributed by atoms with Crippen molar-refractivity contribution >= 4 is 26.0 Å². The van der Waals surface area contributed by atoms with Crippen molar-refractivity contribution in [1.29, 1.82) is 0 Å². The summed E-state index contributed by atoms with van der Waals surface area (Å²) >= 11 is 0. The van der Waals surface area contributed by atoms with Crippen molar-refractivity contribution < 1.29 is 21.2 Å². The normalized spacial score (nSPS) is 17.9. The fourth-order valence-electron chi connectivity index (χ4n) is 2.44. The molecule has 0 spiro atoms. The number of anilines is 1. The highest BCUT2D eigenvalue weighted by Crippen LogP contribution is 2.33. The monoisotopic (exact) mass is 389 g/mol. The van der Waals surface area contributed by atoms with Gasteiger partial charge in [-0.2, -0.15) is 9.29 Å². The van der Waals surface area contributed by atoms with Crippen molar-refractivity contribution in [2.45, 2.75) is 22.4 Å². The number of halogens is 1. The van der Waals surface area contributed by atoms with Crippen LogP contribution in [0.4, 0.5) is 10.3 Å². The highest BCUT2D eigenvalue weighted by molar-refractivity contribution is 7.94. The zero-order chi connectivity index (χ0) is 18.5. The highest BCUT2D eigenvalue weighted by atomic mass is 32.2. The Labute approximate surface area is 144 Å². The number of hydrogen-bond acceptors (Lipinski definition) is 6. The van der Waals surface area contributed by atoms with E-state index in [2.05, 4.69) is 14.8 Å². The molecule has 1 N–H and O–H groups in total. The zero-order valence-corrected chi connectivity index (χ0v) is 15.1. The second-order valence-corrected chi connectivity index (χ2v) is 9.54. The van der Waals surface area contributed by atoms with E-state index >= 15 is 0 Å². The molecule has 9 nitrogen and oxygen atoms in total. The number of alkyl halides is 1. The molecule has 1 saturated heterocycles. The van der Waals surface area contributed by atoms with Crippen molar-refractivity contribution in [3.63, 3.8) is 0 Å². The fourth-order valence-corrected chi connectivity index (χ4v) is 5.85. The van der Waals surface area contributed by atoms with Gasteiger partial charge in [0, 0.05) is 20.1 Å². The van der Waals surface area contributed by atoms with E-state index in [1.54, 1.807) is 7.05 Å². The summed E-state index contributed by atoms with van der Waals surface area (Å²) in [6, 6.07) is 5.13. The average molecular weight is 389 g/mol. The second kappa shape index (κ2) is 5.75. The Kier molecular flexibility index (Phi) is 4.08. The third kappa shape index (κ3) is 3.37. The van der Waals surface area contributed by atoms with Crippen LogP contribution in [0.25, 0.3) is 0 Å². The van der Waals surface area contributed by atoms with Crippen molar-refractivity contribution in [2.75, 3.05) is 17.8 Å². The lowest BCUT2D eigenvalue weighted by Crippen LogP contribution is -2.59. The van der Waals surface area contributed by atoms with Crippen molar-refractivity contribution in [1.82, 2.24) is 19.1 Å². The van der Waals surface area contributed by atoms with Gasteiger partial charge in [-0.15, -0.1) is 5.10 Å². The van der Waals surface area contributed by atoms with Gasteiger partial charge in [0.15, 0.2) is 0 Å². The molecular formula is C13H16FN5O4S2. The van der Waals surface area contributed by atoms with E-state index in [1.807, 2.05) is 0 Å². The number of aromatic nitrogens is 3. The van der Waals surface area contributed by atoms with Gasteiger partial charge in [0.25, 0.3) is 16.0 Å². The van der Waals surface area contributed by atoms with Crippen molar-refractivity contribution in [3.05, 3.63) is 30.6 Å². The maximum Gasteiger partial charge on any atom is 0.265 e. The molecule has 1 fully saturated rings. The molecule has 0 saturated carbocycles. The molecule has 0 bridgehead atoms. The number of benzene rings is 1. The first kappa shape index (κ1) is 17.8. The third-order valence-corrected chi connectivity index (χ3v) is 6.96. The maximum atomic E-state index is 13.7. The number of hydrogen-bond donors (Lipinski definition) is 1. The summed E-state index contributed by atoms with van der Waals surface area (Å²) in [5.74, 6) is -0.185. The molecular weight excluding hydrogens is 373 g/mol. The maximum absolute atomic E-state index is 13.7. The fraction of sp³-hybridized carbons (Fsp3) is 0.385. The van der Waals surface area contributed by atoms with Crippen LogP contribution < -0.4 is 4.72 Å². The summed E-state index contributed by atoms with van der Waals surface area (Å²) < 4.78 is 68.5. The van der Waals surface area contributed by atoms with E-state index in [0.29, 0.717) is 0 Å². The van der Waals surface area contributed by atoms with Crippen LogP contribution in [0.5, 0.6) is 0 Å². The predicted molar refractivity (Wildman–Crippen MR) is 86.5 cm³/mol. The Hall–Kier alpha value is -2.05. The van der Waals surface area contributed by atoms with Gasteiger partial charge >= 0.3 is 0 Å². The Morgan fingerprint density at radius 1 is 1.16 bits per heavy atom. The zero-order valence-electron chi connectivity index (χ0n) is 13.4. The average Bonchev–Trinajstić information content (AvgIpc) is 2.89. The van der Waals surface area contributed by atoms with Gasteiger partial charge in [-0.1, -0.05) is 12.1 Å². The van der Waals surface area contributed by atoms with Crippen molar-refractivity contribution in [3.8, 4) is 0 Å². The second-order valence-electron chi connectivity index (χ2n) is 5.98. The summed E-state index contributed by atoms with van der Waals surface area (Å²) in [5.41, 5.74) is -1.61. The van der Waals surface area contributed by atoms with Gasteiger partial charge in [-0.3, -0.25) is 4.68 Å². The smallest absolute Gasteiger partial charge is 0.254 e. The minimum Gasteiger partial charge on any atom is -0.254 e. The Balaban J connectivity index is 1.98. The van der Waals surface area contributed by atoms with Gasteiger partial charge in [-0.05, 0) is 19.1 Å². The topological polar surface area (TPSA) is 114 Å². The minimum absolute atomic E-state index is 0.185. The quantitative estimate of drug-likeness (QED) is 0.789. The van der Waals surface area contributed by atoms with Gasteiger partial charge in [0.1, 0.15) is 21.8 Å². The van der Waals surface area contributed by atoms with Crippen LogP contribution in [0, 0.1) is 0 Å². The number of aryl methyl sites for hydroxylation is 1. The molecule has 0 radical (unpaired) electrons. The van der Waals surface area contributed by atoms with E-state index in [4.69, 9.17) is 0 Å². The number of sulfonamides is 2. The van der Waals surface area contributed by atoms with Crippen LogP contribution >= 0.6 is 0 Å². The largest absolute Gasteiger partial charge is 0.265 e. The molecule has 2 aromatic rings. The predicted octanol–water partition coefficient (Wildman–Crippen LogP) is 0.348. The van der Waals surface area contributed by atoms with Crippen LogP contribution in [0.2, 0.25) is 0 Å². The Morgan fingerprint density at radius 3 is 2.28 bits per heavy atom. The number of nitrogens with zero attached hydrogens (tertiary/aromatic N) is 4. The summed E-state index contributed by atoms with van der Waals surface area (Å²) in [5, 5.41) is 3.80. The van der Waals surface area contributed by atoms with Gasteiger partial charge in [-0.25, -0.2) is 25.9 Å². The highest BCUT2D eigenvalue weighted by Gasteiger charge is 2.46. The summed E-state index contributed by atoms with van der Waals surface area (Å²) in [7, 11) is -6.84. The van der Waals surface area contributed by atoms with E-state index in [9.17, 15) is 21.2 Å². The molecule has 0 amide bonds. The van der Waals surface area contributed by atoms with Crippen LogP contribution in [0.1, 0.15) is 6.92 Å². The van der Waals surface area contributed by atoms with Crippen LogP contribution in [0.3, 0.4) is 0 Å². The van der Waals surface area contributed by atoms with E-state index in [-0.39, 0.29) is 19.0 Å². The van der Waals surface area contributed by atoms with Gasteiger partial charge < -0.3 is 0 Å². The molecule has 12 heteroatoms. The Morgan fingerprint density at radius 2 is 1.76 bits per heavy atom. The molecule has 0 atom stereocenters. The molecule has 1 aromatic carbocycles. The van der Waals surface area contributed by atoms with Gasteiger partial charge in [0.2, 0.25) is 10.0 Å². The van der Waals surface area contributed by atoms with Crippen LogP contribution in [-0.2, 0) is 27.1 Å². The molecule has 2 heterocycles.